The lowest BCUT2D eigenvalue weighted by atomic mass is 9.85. The lowest BCUT2D eigenvalue weighted by molar-refractivity contribution is -0.0726. The molecule has 3 nitrogen and oxygen atoms in total. The number of morpholine rings is 1. The van der Waals surface area contributed by atoms with E-state index in [1.165, 1.54) is 32.2 Å². The summed E-state index contributed by atoms with van der Waals surface area (Å²) in [5, 5.41) is 0. The topological polar surface area (TPSA) is 38.5 Å². The van der Waals surface area contributed by atoms with Gasteiger partial charge in [-0.25, -0.2) is 0 Å². The summed E-state index contributed by atoms with van der Waals surface area (Å²) in [6, 6.07) is 0.453. The highest BCUT2D eigenvalue weighted by molar-refractivity contribution is 4.80. The van der Waals surface area contributed by atoms with E-state index in [0.717, 1.165) is 19.0 Å². The highest BCUT2D eigenvalue weighted by atomic mass is 16.5. The minimum absolute atomic E-state index is 0.390. The maximum absolute atomic E-state index is 6.04. The van der Waals surface area contributed by atoms with Crippen LogP contribution in [0.15, 0.2) is 0 Å². The molecule has 0 bridgehead atoms. The summed E-state index contributed by atoms with van der Waals surface area (Å²) in [7, 11) is 0. The lowest BCUT2D eigenvalue weighted by Gasteiger charge is -2.38. The van der Waals surface area contributed by atoms with E-state index in [0.29, 0.717) is 18.2 Å². The van der Waals surface area contributed by atoms with E-state index in [1.54, 1.807) is 0 Å². The van der Waals surface area contributed by atoms with Gasteiger partial charge in [0.05, 0.1) is 12.2 Å². The first-order chi connectivity index (χ1) is 7.63. The molecular weight excluding hydrogens is 200 g/mol. The molecule has 94 valence electrons. The van der Waals surface area contributed by atoms with Crippen molar-refractivity contribution in [1.82, 2.24) is 4.90 Å². The zero-order chi connectivity index (χ0) is 11.5. The Hall–Kier alpha value is -0.120. The summed E-state index contributed by atoms with van der Waals surface area (Å²) < 4.78 is 5.76. The van der Waals surface area contributed by atoms with Crippen LogP contribution in [0.5, 0.6) is 0 Å². The maximum Gasteiger partial charge on any atom is 0.0678 e. The average Bonchev–Trinajstić information content (AvgIpc) is 2.15. The van der Waals surface area contributed by atoms with Crippen molar-refractivity contribution in [2.24, 2.45) is 11.7 Å². The SMILES string of the molecule is C[C@@H]1CN(CC2CCCC(N)C2)C[C@H](C)O1. The van der Waals surface area contributed by atoms with Crippen LogP contribution < -0.4 is 5.73 Å². The van der Waals surface area contributed by atoms with Gasteiger partial charge < -0.3 is 10.5 Å². The predicted molar refractivity (Wildman–Crippen MR) is 66.4 cm³/mol. The monoisotopic (exact) mass is 226 g/mol. The Morgan fingerprint density at radius 1 is 1.19 bits per heavy atom. The molecule has 1 saturated heterocycles. The molecule has 0 spiro atoms. The molecular formula is C13H26N2O. The summed E-state index contributed by atoms with van der Waals surface area (Å²) >= 11 is 0. The van der Waals surface area contributed by atoms with Gasteiger partial charge in [-0.1, -0.05) is 6.42 Å². The van der Waals surface area contributed by atoms with Crippen LogP contribution in [0.1, 0.15) is 39.5 Å². The second kappa shape index (κ2) is 5.48. The first-order valence-electron chi connectivity index (χ1n) is 6.77. The molecule has 4 atom stereocenters. The number of hydrogen-bond acceptors (Lipinski definition) is 3. The molecule has 3 heteroatoms. The van der Waals surface area contributed by atoms with Crippen LogP contribution in [0.2, 0.25) is 0 Å². The number of ether oxygens (including phenoxy) is 1. The molecule has 0 amide bonds. The average molecular weight is 226 g/mol. The molecule has 0 radical (unpaired) electrons. The minimum atomic E-state index is 0.390. The Kier molecular flexibility index (Phi) is 4.22. The third-order valence-corrected chi connectivity index (χ3v) is 3.84. The smallest absolute Gasteiger partial charge is 0.0678 e. The molecule has 1 aliphatic heterocycles. The first kappa shape index (κ1) is 12.3. The summed E-state index contributed by atoms with van der Waals surface area (Å²) in [5.74, 6) is 0.821. The summed E-state index contributed by atoms with van der Waals surface area (Å²) in [6.07, 6.45) is 5.92. The fraction of sp³-hybridized carbons (Fsp3) is 1.00. The Bertz CT molecular complexity index is 212. The van der Waals surface area contributed by atoms with Gasteiger partial charge in [0, 0.05) is 25.7 Å². The Morgan fingerprint density at radius 2 is 1.88 bits per heavy atom. The van der Waals surface area contributed by atoms with E-state index >= 15 is 0 Å². The van der Waals surface area contributed by atoms with E-state index in [2.05, 4.69) is 18.7 Å². The second-order valence-corrected chi connectivity index (χ2v) is 5.77. The summed E-state index contributed by atoms with van der Waals surface area (Å²) in [4.78, 5) is 2.57. The first-order valence-corrected chi connectivity index (χ1v) is 6.77. The molecule has 2 unspecified atom stereocenters. The molecule has 16 heavy (non-hydrogen) atoms. The number of nitrogens with zero attached hydrogens (tertiary/aromatic N) is 1. The van der Waals surface area contributed by atoms with Gasteiger partial charge in [-0.15, -0.1) is 0 Å². The van der Waals surface area contributed by atoms with Crippen LogP contribution in [-0.4, -0.2) is 42.8 Å². The van der Waals surface area contributed by atoms with E-state index in [1.807, 2.05) is 0 Å². The van der Waals surface area contributed by atoms with Crippen molar-refractivity contribution < 1.29 is 4.74 Å². The van der Waals surface area contributed by atoms with Crippen molar-refractivity contribution in [1.29, 1.82) is 0 Å². The quantitative estimate of drug-likeness (QED) is 0.777. The Balaban J connectivity index is 1.79. The molecule has 1 aliphatic carbocycles. The molecule has 0 aromatic rings. The second-order valence-electron chi connectivity index (χ2n) is 5.77. The van der Waals surface area contributed by atoms with Crippen molar-refractivity contribution in [2.45, 2.75) is 57.8 Å². The predicted octanol–water partition coefficient (Wildman–Crippen LogP) is 1.61. The Labute approximate surface area is 99.3 Å². The van der Waals surface area contributed by atoms with Crippen LogP contribution >= 0.6 is 0 Å². The molecule has 0 aromatic carbocycles. The lowest BCUT2D eigenvalue weighted by Crippen LogP contribution is -2.47. The fourth-order valence-electron chi connectivity index (χ4n) is 3.30. The number of hydrogen-bond donors (Lipinski definition) is 1. The van der Waals surface area contributed by atoms with Crippen molar-refractivity contribution >= 4 is 0 Å². The van der Waals surface area contributed by atoms with E-state index < -0.39 is 0 Å². The third-order valence-electron chi connectivity index (χ3n) is 3.84. The van der Waals surface area contributed by atoms with Gasteiger partial charge in [0.1, 0.15) is 0 Å². The van der Waals surface area contributed by atoms with Crippen LogP contribution in [-0.2, 0) is 4.74 Å². The van der Waals surface area contributed by atoms with Crippen LogP contribution in [0.3, 0.4) is 0 Å². The zero-order valence-corrected chi connectivity index (χ0v) is 10.7. The highest BCUT2D eigenvalue weighted by Gasteiger charge is 2.26. The molecule has 1 saturated carbocycles. The summed E-state index contributed by atoms with van der Waals surface area (Å²) in [5.41, 5.74) is 6.04. The molecule has 2 rings (SSSR count). The molecule has 1 heterocycles. The van der Waals surface area contributed by atoms with Crippen LogP contribution in [0, 0.1) is 5.92 Å². The summed E-state index contributed by atoms with van der Waals surface area (Å²) in [6.45, 7) is 7.77. The van der Waals surface area contributed by atoms with Crippen molar-refractivity contribution in [3.63, 3.8) is 0 Å². The molecule has 0 aromatic heterocycles. The molecule has 2 aliphatic rings. The van der Waals surface area contributed by atoms with Crippen LogP contribution in [0.4, 0.5) is 0 Å². The van der Waals surface area contributed by atoms with Crippen molar-refractivity contribution in [3.05, 3.63) is 0 Å². The van der Waals surface area contributed by atoms with Crippen molar-refractivity contribution in [3.8, 4) is 0 Å². The molecule has 2 fully saturated rings. The van der Waals surface area contributed by atoms with E-state index in [-0.39, 0.29) is 0 Å². The largest absolute Gasteiger partial charge is 0.373 e. The van der Waals surface area contributed by atoms with E-state index in [9.17, 15) is 0 Å². The maximum atomic E-state index is 6.04. The number of nitrogens with two attached hydrogens (primary N) is 1. The zero-order valence-electron chi connectivity index (χ0n) is 10.7. The minimum Gasteiger partial charge on any atom is -0.373 e. The van der Waals surface area contributed by atoms with Crippen molar-refractivity contribution in [2.75, 3.05) is 19.6 Å². The third kappa shape index (κ3) is 3.44. The Morgan fingerprint density at radius 3 is 2.50 bits per heavy atom. The highest BCUT2D eigenvalue weighted by Crippen LogP contribution is 2.25. The molecule has 2 N–H and O–H groups in total. The van der Waals surface area contributed by atoms with Gasteiger partial charge in [-0.3, -0.25) is 4.90 Å². The van der Waals surface area contributed by atoms with Gasteiger partial charge in [0.15, 0.2) is 0 Å². The number of rotatable bonds is 2. The van der Waals surface area contributed by atoms with Crippen LogP contribution in [0.25, 0.3) is 0 Å². The standard InChI is InChI=1S/C13H26N2O/c1-10-7-15(8-11(2)16-10)9-12-4-3-5-13(14)6-12/h10-13H,3-9,14H2,1-2H3/t10-,11+,12?,13?. The van der Waals surface area contributed by atoms with Gasteiger partial charge in [0.2, 0.25) is 0 Å². The van der Waals surface area contributed by atoms with Gasteiger partial charge in [-0.05, 0) is 39.0 Å². The van der Waals surface area contributed by atoms with E-state index in [4.69, 9.17) is 10.5 Å². The normalized spacial score (nSPS) is 42.2. The van der Waals surface area contributed by atoms with Gasteiger partial charge >= 0.3 is 0 Å². The van der Waals surface area contributed by atoms with Gasteiger partial charge in [0.25, 0.3) is 0 Å². The van der Waals surface area contributed by atoms with Gasteiger partial charge in [-0.2, -0.15) is 0 Å². The fourth-order valence-corrected chi connectivity index (χ4v) is 3.30.